The zero-order valence-corrected chi connectivity index (χ0v) is 75.8. The smallest absolute Gasteiger partial charge is 0.337 e. The van der Waals surface area contributed by atoms with Crippen molar-refractivity contribution in [3.8, 4) is 0 Å². The number of carbonyl (C=O) groups excluding carboxylic acids is 11. The summed E-state index contributed by atoms with van der Waals surface area (Å²) in [6.45, 7) is 3.84. The normalized spacial score (nSPS) is 16.6. The van der Waals surface area contributed by atoms with Crippen LogP contribution in [-0.2, 0) is 38.4 Å². The number of nitrogens with one attached hydrogen (secondary N) is 1. The standard InChI is InChI=1S/C29H32N4O4.C28H34N4O4.C17H24N2O2.C12H13NO3.C10H18O2.C6H7N3O/c30-28(36)21-8-10-22(31-16-21)15-27(35)25(12-18-4-2-1-3-5-18)33-17-32-24-14-20(9-11-23(24)29(33)37)26(34)13-19-6-7-19;29-23-14-19(25(33)13-18-6-7-18)9-11-22(23)28(36)32-24(12-17-4-2-1-3-5-17)26(34)15-21-10-8-20(16-31-21)27(30)35;1-12(9-13-5-3-2-4-6-13)16(20)10-15-8-7-14(11-19-15)17(18)21;13-10-6-8(3-4-9(10)12(15)16)11(14)5-7-1-2-7;1-8(10(11)12)7-9-5-3-2-4-6-9;7-5-2-1-4(3-9-5)6(8)10/h8-11,14,16-19,25H,1-7,12-13,15H2,(H2,30,36);8-11,14,16-18,24H,1-7,12-13,15,29H2,(H2,30,35)(H,32,36);7-8,11-13H,2-6,9-10H2,1H3,(H2,18,21);3-4,6-7H,1-2,5,13H2,(H,15,16);8-9H,2-7H2,1H3,(H,11,12);1-3H,(H2,7,9)(H2,8,10). The number of aromatic nitrogens is 6. The number of primary amides is 4. The van der Waals surface area contributed by atoms with Gasteiger partial charge in [-0.05, 0) is 191 Å². The number of carboxylic acid groups (broad SMARTS) is 2. The van der Waals surface area contributed by atoms with E-state index in [0.29, 0.717) is 142 Å². The topological polar surface area (TPSA) is 543 Å². The molecule has 5 amide bonds. The molecule has 702 valence electrons. The van der Waals surface area contributed by atoms with Crippen LogP contribution in [0.3, 0.4) is 0 Å². The van der Waals surface area contributed by atoms with E-state index in [-0.39, 0.29) is 98.6 Å². The molecule has 0 radical (unpaired) electrons. The molecule has 4 unspecified atom stereocenters. The SMILES string of the molecule is CC(CC1CCCCC1)C(=O)Cc1ccc(C(N)=O)cn1.CC(CC1CCCCC1)C(=O)O.NC(=O)c1ccc(CC(=O)C(CC2CCCCC2)NC(=O)c2ccc(C(=O)CC3CC3)cc2N)nc1.NC(=O)c1ccc(CC(=O)C(CC2CCCCC2)n2cnc3cc(C(=O)CC4CC4)ccc3c2=O)nc1.NC(=O)c1ccc(N)nc1.Nc1cc(C(=O)CC2CC2)ccc1C(=O)O. The summed E-state index contributed by atoms with van der Waals surface area (Å²) in [4.78, 5) is 189. The number of hydrogen-bond acceptors (Lipinski definition) is 22. The Kier molecular flexibility index (Phi) is 38.3. The molecule has 17 N–H and O–H groups in total. The molecule has 3 aromatic carbocycles. The van der Waals surface area contributed by atoms with Crippen molar-refractivity contribution in [2.75, 3.05) is 17.2 Å². The van der Waals surface area contributed by atoms with E-state index >= 15 is 0 Å². The highest BCUT2D eigenvalue weighted by atomic mass is 16.4. The van der Waals surface area contributed by atoms with E-state index in [4.69, 9.17) is 50.3 Å². The lowest BCUT2D eigenvalue weighted by molar-refractivity contribution is -0.141. The van der Waals surface area contributed by atoms with Crippen LogP contribution in [0.4, 0.5) is 17.2 Å². The van der Waals surface area contributed by atoms with Crippen LogP contribution in [0.2, 0.25) is 0 Å². The van der Waals surface area contributed by atoms with Crippen molar-refractivity contribution in [2.24, 2.45) is 76.2 Å². The number of aromatic carboxylic acids is 1. The maximum absolute atomic E-state index is 13.6. The van der Waals surface area contributed by atoms with Crippen LogP contribution in [0.15, 0.2) is 139 Å². The van der Waals surface area contributed by atoms with Gasteiger partial charge in [0.05, 0.1) is 81.5 Å². The highest BCUT2D eigenvalue weighted by molar-refractivity contribution is 6.05. The Morgan fingerprint density at radius 2 is 0.735 bits per heavy atom. The number of nitrogens with zero attached hydrogens (tertiary/aromatic N) is 6. The molecule has 7 aliphatic carbocycles. The zero-order valence-electron chi connectivity index (χ0n) is 75.8. The lowest BCUT2D eigenvalue weighted by Gasteiger charge is -2.27. The van der Waals surface area contributed by atoms with Crippen molar-refractivity contribution in [1.29, 1.82) is 0 Å². The van der Waals surface area contributed by atoms with Crippen LogP contribution in [0.1, 0.15) is 342 Å². The molecule has 0 aliphatic heterocycles. The maximum atomic E-state index is 13.6. The van der Waals surface area contributed by atoms with Gasteiger partial charge in [0.2, 0.25) is 23.6 Å². The number of aliphatic carboxylic acids is 1. The van der Waals surface area contributed by atoms with Gasteiger partial charge in [-0.3, -0.25) is 81.8 Å². The first-order valence-corrected chi connectivity index (χ1v) is 46.7. The monoisotopic (exact) mass is 1800 g/mol. The quantitative estimate of drug-likeness (QED) is 0.0130. The molecular formula is C102H128N14O16. The largest absolute Gasteiger partial charge is 0.481 e. The summed E-state index contributed by atoms with van der Waals surface area (Å²) < 4.78 is 1.46. The predicted octanol–water partition coefficient (Wildman–Crippen LogP) is 15.1. The predicted molar refractivity (Wildman–Crippen MR) is 502 cm³/mol. The molecule has 30 nitrogen and oxygen atoms in total. The van der Waals surface area contributed by atoms with Gasteiger partial charge >= 0.3 is 11.9 Å². The molecule has 30 heteroatoms. The van der Waals surface area contributed by atoms with E-state index in [1.165, 1.54) is 143 Å². The molecule has 5 aromatic heterocycles. The van der Waals surface area contributed by atoms with E-state index in [2.05, 4.69) is 30.2 Å². The summed E-state index contributed by atoms with van der Waals surface area (Å²) in [5.41, 5.74) is 43.2. The van der Waals surface area contributed by atoms with Crippen LogP contribution in [0, 0.1) is 53.3 Å². The highest BCUT2D eigenvalue weighted by Crippen LogP contribution is 2.38. The van der Waals surface area contributed by atoms with E-state index in [1.807, 2.05) is 13.8 Å². The number of fused-ring (bicyclic) bond motifs is 1. The van der Waals surface area contributed by atoms with Crippen LogP contribution >= 0.6 is 0 Å². The van der Waals surface area contributed by atoms with E-state index < -0.39 is 53.6 Å². The molecule has 0 bridgehead atoms. The van der Waals surface area contributed by atoms with Gasteiger partial charge in [0.15, 0.2) is 28.9 Å². The van der Waals surface area contributed by atoms with Crippen molar-refractivity contribution in [3.05, 3.63) is 212 Å². The summed E-state index contributed by atoms with van der Waals surface area (Å²) in [5, 5.41) is 20.8. The minimum Gasteiger partial charge on any atom is -0.481 e. The molecule has 4 atom stereocenters. The highest BCUT2D eigenvalue weighted by Gasteiger charge is 2.33. The number of nitrogen functional groups attached to an aromatic ring is 3. The fourth-order valence-electron chi connectivity index (χ4n) is 17.5. The Hall–Kier alpha value is -12.9. The number of amides is 5. The third-order valence-corrected chi connectivity index (χ3v) is 26.1. The van der Waals surface area contributed by atoms with E-state index in [0.717, 1.165) is 103 Å². The van der Waals surface area contributed by atoms with Crippen LogP contribution in [0.25, 0.3) is 10.9 Å². The van der Waals surface area contributed by atoms with Gasteiger partial charge in [0, 0.05) is 102 Å². The number of Topliss-reactive ketones (excluding diaryl/α,β-unsaturated/α-hetero) is 6. The molecule has 7 fully saturated rings. The van der Waals surface area contributed by atoms with Crippen LogP contribution < -0.4 is 51.0 Å². The van der Waals surface area contributed by atoms with Gasteiger partial charge in [-0.25, -0.2) is 14.8 Å². The third kappa shape index (κ3) is 32.6. The molecule has 0 spiro atoms. The Bertz CT molecular complexity index is 5410. The van der Waals surface area contributed by atoms with E-state index in [1.54, 1.807) is 72.8 Å². The number of hydrogen-bond donors (Lipinski definition) is 10. The number of pyridine rings is 4. The summed E-state index contributed by atoms with van der Waals surface area (Å²) >= 11 is 0. The van der Waals surface area contributed by atoms with Crippen molar-refractivity contribution >= 4 is 104 Å². The summed E-state index contributed by atoms with van der Waals surface area (Å²) in [6, 6.07) is 25.6. The second-order valence-corrected chi connectivity index (χ2v) is 36.9. The number of ketones is 6. The fraction of sp³-hybridized carbons (Fsp3) is 0.480. The summed E-state index contributed by atoms with van der Waals surface area (Å²) in [6.07, 6.45) is 42.6. The van der Waals surface area contributed by atoms with Crippen LogP contribution in [-0.4, -0.2) is 122 Å². The van der Waals surface area contributed by atoms with Gasteiger partial charge in [-0.1, -0.05) is 160 Å². The van der Waals surface area contributed by atoms with Gasteiger partial charge in [-0.15, -0.1) is 0 Å². The average molecular weight is 1810 g/mol. The fourth-order valence-corrected chi connectivity index (χ4v) is 17.5. The molecule has 7 saturated carbocycles. The van der Waals surface area contributed by atoms with Crippen molar-refractivity contribution in [2.45, 2.75) is 257 Å². The average Bonchev–Trinajstić information content (AvgIpc) is 1.33. The first-order chi connectivity index (χ1) is 63.2. The molecule has 7 aliphatic rings. The zero-order chi connectivity index (χ0) is 95.1. The van der Waals surface area contributed by atoms with Crippen molar-refractivity contribution in [3.63, 3.8) is 0 Å². The Morgan fingerprint density at radius 3 is 1.11 bits per heavy atom. The molecule has 132 heavy (non-hydrogen) atoms. The second-order valence-electron chi connectivity index (χ2n) is 36.9. The number of carbonyl (C=O) groups is 13. The first-order valence-electron chi connectivity index (χ1n) is 46.7. The van der Waals surface area contributed by atoms with Crippen LogP contribution in [0.5, 0.6) is 0 Å². The van der Waals surface area contributed by atoms with Gasteiger partial charge in [0.1, 0.15) is 11.6 Å². The lowest BCUT2D eigenvalue weighted by atomic mass is 9.81. The minimum atomic E-state index is -1.07. The Morgan fingerprint density at radius 1 is 0.379 bits per heavy atom. The van der Waals surface area contributed by atoms with Gasteiger partial charge in [0.25, 0.3) is 11.5 Å². The molecule has 15 rings (SSSR count). The number of benzene rings is 3. The second kappa shape index (κ2) is 49.9. The molecule has 5 heterocycles. The Balaban J connectivity index is 0.000000175. The van der Waals surface area contributed by atoms with Gasteiger partial charge in [-0.2, -0.15) is 0 Å². The molecule has 8 aromatic rings. The number of nitrogens with two attached hydrogens (primary N) is 7. The summed E-state index contributed by atoms with van der Waals surface area (Å²) in [5.74, 6) is -0.247. The van der Waals surface area contributed by atoms with E-state index in [9.17, 15) is 67.1 Å². The third-order valence-electron chi connectivity index (χ3n) is 26.1. The Labute approximate surface area is 769 Å². The summed E-state index contributed by atoms with van der Waals surface area (Å²) in [7, 11) is 0. The lowest BCUT2D eigenvalue weighted by Crippen LogP contribution is -2.43. The molecular weight excluding hydrogens is 1680 g/mol. The first kappa shape index (κ1) is 101. The van der Waals surface area contributed by atoms with Gasteiger partial charge < -0.3 is 55.7 Å². The minimum absolute atomic E-state index is 0.0286. The van der Waals surface area contributed by atoms with Crippen molar-refractivity contribution in [1.82, 2.24) is 34.8 Å². The number of anilines is 3. The van der Waals surface area contributed by atoms with Crippen molar-refractivity contribution < 1.29 is 72.5 Å². The molecule has 0 saturated heterocycles. The number of carboxylic acids is 2. The maximum Gasteiger partial charge on any atom is 0.337 e. The number of rotatable bonds is 35.